The highest BCUT2D eigenvalue weighted by molar-refractivity contribution is 5.85. The van der Waals surface area contributed by atoms with Crippen molar-refractivity contribution in [3.05, 3.63) is 48.0 Å². The summed E-state index contributed by atoms with van der Waals surface area (Å²) in [4.78, 5) is 0. The van der Waals surface area contributed by atoms with Gasteiger partial charge >= 0.3 is 0 Å². The maximum absolute atomic E-state index is 3.20. The van der Waals surface area contributed by atoms with Crippen LogP contribution in [0, 0.1) is 0 Å². The summed E-state index contributed by atoms with van der Waals surface area (Å²) < 4.78 is 0. The van der Waals surface area contributed by atoms with Gasteiger partial charge in [0, 0.05) is 0 Å². The monoisotopic (exact) mass is 227 g/mol. The van der Waals surface area contributed by atoms with Gasteiger partial charge in [-0.15, -0.1) is 0 Å². The van der Waals surface area contributed by atoms with Crippen LogP contribution in [0.25, 0.3) is 10.8 Å². The van der Waals surface area contributed by atoms with Crippen LogP contribution in [-0.2, 0) is 6.42 Å². The summed E-state index contributed by atoms with van der Waals surface area (Å²) in [5, 5.41) is 5.98. The fourth-order valence-corrected chi connectivity index (χ4v) is 2.30. The van der Waals surface area contributed by atoms with Crippen molar-refractivity contribution < 1.29 is 0 Å². The van der Waals surface area contributed by atoms with Crippen molar-refractivity contribution in [1.29, 1.82) is 0 Å². The molecule has 1 N–H and O–H groups in total. The first-order valence-corrected chi connectivity index (χ1v) is 6.53. The molecular weight excluding hydrogens is 206 g/mol. The summed E-state index contributed by atoms with van der Waals surface area (Å²) in [5.41, 5.74) is 1.49. The van der Waals surface area contributed by atoms with Crippen LogP contribution in [0.5, 0.6) is 0 Å². The number of rotatable bonds is 6. The average Bonchev–Trinajstić information content (AvgIpc) is 2.39. The van der Waals surface area contributed by atoms with E-state index in [2.05, 4.69) is 47.8 Å². The lowest BCUT2D eigenvalue weighted by Gasteiger charge is -2.06. The Balaban J connectivity index is 1.98. The summed E-state index contributed by atoms with van der Waals surface area (Å²) in [6, 6.07) is 15.3. The van der Waals surface area contributed by atoms with Gasteiger partial charge in [0.15, 0.2) is 0 Å². The molecule has 0 saturated heterocycles. The van der Waals surface area contributed by atoms with Crippen LogP contribution >= 0.6 is 0 Å². The molecule has 1 heteroatoms. The number of aryl methyl sites for hydroxylation is 1. The Bertz CT molecular complexity index is 457. The number of hydrogen-bond donors (Lipinski definition) is 1. The Morgan fingerprint density at radius 2 is 1.71 bits per heavy atom. The molecule has 17 heavy (non-hydrogen) atoms. The third-order valence-corrected chi connectivity index (χ3v) is 3.25. The third kappa shape index (κ3) is 3.31. The predicted molar refractivity (Wildman–Crippen MR) is 75.4 cm³/mol. The molecule has 0 amide bonds. The van der Waals surface area contributed by atoms with Gasteiger partial charge in [-0.25, -0.2) is 0 Å². The van der Waals surface area contributed by atoms with Crippen LogP contribution in [0.2, 0.25) is 0 Å². The summed E-state index contributed by atoms with van der Waals surface area (Å²) in [7, 11) is 2.02. The second-order valence-corrected chi connectivity index (χ2v) is 4.55. The first-order valence-electron chi connectivity index (χ1n) is 6.53. The lowest BCUT2D eigenvalue weighted by Crippen LogP contribution is -2.07. The highest BCUT2D eigenvalue weighted by atomic mass is 14.8. The van der Waals surface area contributed by atoms with Crippen LogP contribution in [0.3, 0.4) is 0 Å². The van der Waals surface area contributed by atoms with Gasteiger partial charge in [0.25, 0.3) is 0 Å². The van der Waals surface area contributed by atoms with Gasteiger partial charge in [0.2, 0.25) is 0 Å². The summed E-state index contributed by atoms with van der Waals surface area (Å²) >= 11 is 0. The van der Waals surface area contributed by atoms with Crippen molar-refractivity contribution in [2.24, 2.45) is 0 Å². The van der Waals surface area contributed by atoms with E-state index in [0.29, 0.717) is 0 Å². The van der Waals surface area contributed by atoms with Crippen molar-refractivity contribution in [1.82, 2.24) is 5.32 Å². The zero-order valence-corrected chi connectivity index (χ0v) is 10.6. The van der Waals surface area contributed by atoms with E-state index in [0.717, 1.165) is 6.54 Å². The fraction of sp³-hybridized carbons (Fsp3) is 0.375. The lowest BCUT2D eigenvalue weighted by atomic mass is 10.00. The maximum atomic E-state index is 3.20. The number of benzene rings is 2. The maximum Gasteiger partial charge on any atom is -0.00519 e. The molecule has 0 heterocycles. The SMILES string of the molecule is CNCCCCCc1cccc2ccccc12. The second-order valence-electron chi connectivity index (χ2n) is 4.55. The van der Waals surface area contributed by atoms with Crippen LogP contribution in [0.15, 0.2) is 42.5 Å². The molecule has 2 aromatic rings. The molecule has 0 aliphatic carbocycles. The second kappa shape index (κ2) is 6.41. The molecule has 0 unspecified atom stereocenters. The van der Waals surface area contributed by atoms with E-state index in [1.54, 1.807) is 0 Å². The van der Waals surface area contributed by atoms with E-state index >= 15 is 0 Å². The first-order chi connectivity index (χ1) is 8.42. The number of unbranched alkanes of at least 4 members (excludes halogenated alkanes) is 2. The van der Waals surface area contributed by atoms with Crippen LogP contribution in [0.4, 0.5) is 0 Å². The predicted octanol–water partition coefficient (Wildman–Crippen LogP) is 3.77. The van der Waals surface area contributed by atoms with Gasteiger partial charge in [-0.2, -0.15) is 0 Å². The molecule has 1 nitrogen and oxygen atoms in total. The molecule has 0 spiro atoms. The Labute approximate surface area is 104 Å². The highest BCUT2D eigenvalue weighted by Crippen LogP contribution is 2.20. The summed E-state index contributed by atoms with van der Waals surface area (Å²) in [6.45, 7) is 1.13. The molecule has 0 fully saturated rings. The Morgan fingerprint density at radius 3 is 2.59 bits per heavy atom. The lowest BCUT2D eigenvalue weighted by molar-refractivity contribution is 0.643. The van der Waals surface area contributed by atoms with Crippen LogP contribution in [-0.4, -0.2) is 13.6 Å². The van der Waals surface area contributed by atoms with Gasteiger partial charge in [0.1, 0.15) is 0 Å². The summed E-state index contributed by atoms with van der Waals surface area (Å²) in [6.07, 6.45) is 5.08. The van der Waals surface area contributed by atoms with Gasteiger partial charge < -0.3 is 5.32 Å². The smallest absolute Gasteiger partial charge is 0.00519 e. The number of fused-ring (bicyclic) bond motifs is 1. The normalized spacial score (nSPS) is 10.9. The molecule has 0 bridgehead atoms. The Hall–Kier alpha value is -1.34. The Kier molecular flexibility index (Phi) is 4.57. The topological polar surface area (TPSA) is 12.0 Å². The van der Waals surface area contributed by atoms with E-state index in [-0.39, 0.29) is 0 Å². The van der Waals surface area contributed by atoms with Gasteiger partial charge in [0.05, 0.1) is 0 Å². The minimum atomic E-state index is 1.13. The van der Waals surface area contributed by atoms with Gasteiger partial charge in [-0.1, -0.05) is 48.9 Å². The molecular formula is C16H21N. The van der Waals surface area contributed by atoms with Crippen molar-refractivity contribution >= 4 is 10.8 Å². The van der Waals surface area contributed by atoms with Gasteiger partial charge in [-0.3, -0.25) is 0 Å². The van der Waals surface area contributed by atoms with Crippen molar-refractivity contribution in [2.75, 3.05) is 13.6 Å². The van der Waals surface area contributed by atoms with E-state index in [1.165, 1.54) is 42.0 Å². The molecule has 0 aliphatic heterocycles. The van der Waals surface area contributed by atoms with Crippen molar-refractivity contribution in [2.45, 2.75) is 25.7 Å². The minimum absolute atomic E-state index is 1.13. The standard InChI is InChI=1S/C16H21N/c1-17-13-6-2-3-8-14-10-7-11-15-9-4-5-12-16(14)15/h4-5,7,9-12,17H,2-3,6,8,13H2,1H3. The van der Waals surface area contributed by atoms with Crippen molar-refractivity contribution in [3.8, 4) is 0 Å². The molecule has 0 aliphatic rings. The van der Waals surface area contributed by atoms with E-state index in [9.17, 15) is 0 Å². The fourth-order valence-electron chi connectivity index (χ4n) is 2.30. The van der Waals surface area contributed by atoms with E-state index < -0.39 is 0 Å². The molecule has 0 radical (unpaired) electrons. The zero-order valence-electron chi connectivity index (χ0n) is 10.6. The molecule has 0 aromatic heterocycles. The molecule has 2 rings (SSSR count). The van der Waals surface area contributed by atoms with Crippen LogP contribution in [0.1, 0.15) is 24.8 Å². The first kappa shape index (κ1) is 12.1. The minimum Gasteiger partial charge on any atom is -0.320 e. The molecule has 90 valence electrons. The Morgan fingerprint density at radius 1 is 0.882 bits per heavy atom. The van der Waals surface area contributed by atoms with Gasteiger partial charge in [-0.05, 0) is 49.2 Å². The molecule has 2 aromatic carbocycles. The zero-order chi connectivity index (χ0) is 11.9. The highest BCUT2D eigenvalue weighted by Gasteiger charge is 1.99. The third-order valence-electron chi connectivity index (χ3n) is 3.25. The number of nitrogens with one attached hydrogen (secondary N) is 1. The average molecular weight is 227 g/mol. The van der Waals surface area contributed by atoms with E-state index in [1.807, 2.05) is 7.05 Å². The largest absolute Gasteiger partial charge is 0.320 e. The van der Waals surface area contributed by atoms with E-state index in [4.69, 9.17) is 0 Å². The molecule has 0 atom stereocenters. The summed E-state index contributed by atoms with van der Waals surface area (Å²) in [5.74, 6) is 0. The number of hydrogen-bond acceptors (Lipinski definition) is 1. The molecule has 0 saturated carbocycles. The quantitative estimate of drug-likeness (QED) is 0.741. The van der Waals surface area contributed by atoms with Crippen molar-refractivity contribution in [3.63, 3.8) is 0 Å². The van der Waals surface area contributed by atoms with Crippen LogP contribution < -0.4 is 5.32 Å².